The lowest BCUT2D eigenvalue weighted by molar-refractivity contribution is -0.138. The molecule has 0 saturated heterocycles. The molecule has 0 heterocycles. The maximum Gasteiger partial charge on any atom is 0.320 e. The van der Waals surface area contributed by atoms with Crippen LogP contribution in [0.5, 0.6) is 5.75 Å². The van der Waals surface area contributed by atoms with E-state index in [2.05, 4.69) is 6.92 Å². The number of rotatable bonds is 7. The molecular formula is C13H19NO3. The van der Waals surface area contributed by atoms with Crippen LogP contribution in [0, 0.1) is 0 Å². The first-order chi connectivity index (χ1) is 8.15. The molecular weight excluding hydrogens is 218 g/mol. The number of unbranched alkanes of at least 4 members (excludes halogenated alkanes) is 1. The molecule has 0 amide bonds. The minimum absolute atomic E-state index is 0.289. The maximum atomic E-state index is 10.7. The fourth-order valence-corrected chi connectivity index (χ4v) is 1.46. The number of nitrogens with two attached hydrogens (primary N) is 1. The van der Waals surface area contributed by atoms with E-state index >= 15 is 0 Å². The van der Waals surface area contributed by atoms with Gasteiger partial charge in [0.15, 0.2) is 0 Å². The van der Waals surface area contributed by atoms with Gasteiger partial charge in [0.25, 0.3) is 0 Å². The SMILES string of the molecule is CCCCOc1ccccc1CC(N)C(=O)O. The second kappa shape index (κ2) is 6.91. The van der Waals surface area contributed by atoms with Gasteiger partial charge in [-0.05, 0) is 18.1 Å². The molecule has 4 heteroatoms. The summed E-state index contributed by atoms with van der Waals surface area (Å²) in [4.78, 5) is 10.7. The van der Waals surface area contributed by atoms with Gasteiger partial charge in [-0.15, -0.1) is 0 Å². The summed E-state index contributed by atoms with van der Waals surface area (Å²) in [5.41, 5.74) is 6.36. The number of carbonyl (C=O) groups is 1. The molecule has 0 bridgehead atoms. The van der Waals surface area contributed by atoms with E-state index in [-0.39, 0.29) is 6.42 Å². The number of carboxylic acid groups (broad SMARTS) is 1. The van der Waals surface area contributed by atoms with Crippen LogP contribution in [0.25, 0.3) is 0 Å². The molecule has 94 valence electrons. The summed E-state index contributed by atoms with van der Waals surface area (Å²) in [5, 5.41) is 8.78. The second-order valence-corrected chi connectivity index (χ2v) is 3.96. The highest BCUT2D eigenvalue weighted by atomic mass is 16.5. The van der Waals surface area contributed by atoms with Crippen molar-refractivity contribution in [2.75, 3.05) is 6.61 Å². The van der Waals surface area contributed by atoms with Crippen LogP contribution < -0.4 is 10.5 Å². The minimum atomic E-state index is -0.992. The summed E-state index contributed by atoms with van der Waals surface area (Å²) in [7, 11) is 0. The lowest BCUT2D eigenvalue weighted by Crippen LogP contribution is -2.32. The highest BCUT2D eigenvalue weighted by Crippen LogP contribution is 2.19. The van der Waals surface area contributed by atoms with Crippen molar-refractivity contribution < 1.29 is 14.6 Å². The molecule has 1 atom stereocenters. The number of benzene rings is 1. The monoisotopic (exact) mass is 237 g/mol. The molecule has 0 radical (unpaired) electrons. The fraction of sp³-hybridized carbons (Fsp3) is 0.462. The molecule has 1 unspecified atom stereocenters. The van der Waals surface area contributed by atoms with Crippen LogP contribution in [-0.2, 0) is 11.2 Å². The third kappa shape index (κ3) is 4.44. The number of hydrogen-bond donors (Lipinski definition) is 2. The Hall–Kier alpha value is -1.55. The summed E-state index contributed by atoms with van der Waals surface area (Å²) in [5.74, 6) is -0.258. The Labute approximate surface area is 101 Å². The van der Waals surface area contributed by atoms with Gasteiger partial charge in [-0.25, -0.2) is 0 Å². The standard InChI is InChI=1S/C13H19NO3/c1-2-3-8-17-12-7-5-4-6-10(12)9-11(14)13(15)16/h4-7,11H,2-3,8-9,14H2,1H3,(H,15,16). The molecule has 0 aromatic heterocycles. The molecule has 3 N–H and O–H groups in total. The average Bonchev–Trinajstić information content (AvgIpc) is 2.31. The Morgan fingerprint density at radius 3 is 2.82 bits per heavy atom. The van der Waals surface area contributed by atoms with Gasteiger partial charge in [-0.1, -0.05) is 31.5 Å². The zero-order valence-electron chi connectivity index (χ0n) is 10.1. The predicted octanol–water partition coefficient (Wildman–Crippen LogP) is 1.82. The van der Waals surface area contributed by atoms with E-state index in [1.807, 2.05) is 24.3 Å². The maximum absolute atomic E-state index is 10.7. The van der Waals surface area contributed by atoms with Crippen LogP contribution in [0.4, 0.5) is 0 Å². The molecule has 4 nitrogen and oxygen atoms in total. The number of ether oxygens (including phenoxy) is 1. The fourth-order valence-electron chi connectivity index (χ4n) is 1.46. The quantitative estimate of drug-likeness (QED) is 0.709. The largest absolute Gasteiger partial charge is 0.493 e. The number of hydrogen-bond acceptors (Lipinski definition) is 3. The first-order valence-electron chi connectivity index (χ1n) is 5.84. The van der Waals surface area contributed by atoms with Gasteiger partial charge in [-0.2, -0.15) is 0 Å². The van der Waals surface area contributed by atoms with Gasteiger partial charge in [0, 0.05) is 6.42 Å². The van der Waals surface area contributed by atoms with E-state index < -0.39 is 12.0 Å². The van der Waals surface area contributed by atoms with Crippen molar-refractivity contribution in [1.82, 2.24) is 0 Å². The Bertz CT molecular complexity index is 365. The van der Waals surface area contributed by atoms with Crippen LogP contribution in [0.1, 0.15) is 25.3 Å². The Balaban J connectivity index is 2.66. The van der Waals surface area contributed by atoms with E-state index in [0.29, 0.717) is 6.61 Å². The molecule has 0 saturated carbocycles. The number of aliphatic carboxylic acids is 1. The third-order valence-electron chi connectivity index (χ3n) is 2.49. The molecule has 0 aliphatic carbocycles. The van der Waals surface area contributed by atoms with Crippen LogP contribution in [0.3, 0.4) is 0 Å². The van der Waals surface area contributed by atoms with Crippen molar-refractivity contribution in [3.05, 3.63) is 29.8 Å². The zero-order chi connectivity index (χ0) is 12.7. The van der Waals surface area contributed by atoms with Crippen LogP contribution in [0.2, 0.25) is 0 Å². The zero-order valence-corrected chi connectivity index (χ0v) is 10.1. The Kier molecular flexibility index (Phi) is 5.49. The second-order valence-electron chi connectivity index (χ2n) is 3.96. The van der Waals surface area contributed by atoms with Crippen molar-refractivity contribution in [3.63, 3.8) is 0 Å². The first-order valence-corrected chi connectivity index (χ1v) is 5.84. The number of carboxylic acids is 1. The molecule has 1 aromatic rings. The van der Waals surface area contributed by atoms with Gasteiger partial charge in [0.2, 0.25) is 0 Å². The number of para-hydroxylation sites is 1. The van der Waals surface area contributed by atoms with E-state index in [4.69, 9.17) is 15.6 Å². The van der Waals surface area contributed by atoms with Gasteiger partial charge in [0.1, 0.15) is 11.8 Å². The molecule has 1 aromatic carbocycles. The van der Waals surface area contributed by atoms with E-state index in [1.165, 1.54) is 0 Å². The van der Waals surface area contributed by atoms with Gasteiger partial charge in [-0.3, -0.25) is 4.79 Å². The summed E-state index contributed by atoms with van der Waals surface area (Å²) in [6, 6.07) is 6.54. The van der Waals surface area contributed by atoms with Crippen LogP contribution in [-0.4, -0.2) is 23.7 Å². The topological polar surface area (TPSA) is 72.5 Å². The van der Waals surface area contributed by atoms with Gasteiger partial charge in [0.05, 0.1) is 6.61 Å². The average molecular weight is 237 g/mol. The van der Waals surface area contributed by atoms with Crippen molar-refractivity contribution in [2.45, 2.75) is 32.2 Å². The van der Waals surface area contributed by atoms with Gasteiger partial charge < -0.3 is 15.6 Å². The minimum Gasteiger partial charge on any atom is -0.493 e. The van der Waals surface area contributed by atoms with Crippen LogP contribution >= 0.6 is 0 Å². The van der Waals surface area contributed by atoms with Crippen LogP contribution in [0.15, 0.2) is 24.3 Å². The smallest absolute Gasteiger partial charge is 0.320 e. The normalized spacial score (nSPS) is 12.1. The Morgan fingerprint density at radius 2 is 2.18 bits per heavy atom. The molecule has 0 aliphatic rings. The summed E-state index contributed by atoms with van der Waals surface area (Å²) in [6.45, 7) is 2.74. The predicted molar refractivity (Wildman–Crippen MR) is 66.2 cm³/mol. The van der Waals surface area contributed by atoms with E-state index in [9.17, 15) is 4.79 Å². The van der Waals surface area contributed by atoms with E-state index in [0.717, 1.165) is 24.2 Å². The molecule has 17 heavy (non-hydrogen) atoms. The lowest BCUT2D eigenvalue weighted by Gasteiger charge is -2.12. The highest BCUT2D eigenvalue weighted by molar-refractivity contribution is 5.73. The molecule has 1 rings (SSSR count). The summed E-state index contributed by atoms with van der Waals surface area (Å²) in [6.07, 6.45) is 2.34. The molecule has 0 fully saturated rings. The summed E-state index contributed by atoms with van der Waals surface area (Å²) < 4.78 is 5.61. The van der Waals surface area contributed by atoms with Crippen molar-refractivity contribution >= 4 is 5.97 Å². The third-order valence-corrected chi connectivity index (χ3v) is 2.49. The first kappa shape index (κ1) is 13.5. The summed E-state index contributed by atoms with van der Waals surface area (Å²) >= 11 is 0. The van der Waals surface area contributed by atoms with Crippen molar-refractivity contribution in [3.8, 4) is 5.75 Å². The van der Waals surface area contributed by atoms with Crippen molar-refractivity contribution in [2.24, 2.45) is 5.73 Å². The lowest BCUT2D eigenvalue weighted by atomic mass is 10.1. The highest BCUT2D eigenvalue weighted by Gasteiger charge is 2.14. The van der Waals surface area contributed by atoms with Gasteiger partial charge >= 0.3 is 5.97 Å². The molecule has 0 spiro atoms. The molecule has 0 aliphatic heterocycles. The van der Waals surface area contributed by atoms with E-state index in [1.54, 1.807) is 0 Å². The Morgan fingerprint density at radius 1 is 1.47 bits per heavy atom. The van der Waals surface area contributed by atoms with Crippen molar-refractivity contribution in [1.29, 1.82) is 0 Å².